The number of halogens is 1. The Morgan fingerprint density at radius 3 is 1.75 bits per heavy atom. The van der Waals surface area contributed by atoms with Gasteiger partial charge in [0, 0.05) is 21.1 Å². The molecule has 4 heteroatoms. The summed E-state index contributed by atoms with van der Waals surface area (Å²) in [6.45, 7) is 1.67. The average Bonchev–Trinajstić information content (AvgIpc) is 1.87. The van der Waals surface area contributed by atoms with Crippen LogP contribution in [0.25, 0.3) is 0 Å². The predicted molar refractivity (Wildman–Crippen MR) is 31.4 cm³/mol. The number of hydrogen-bond donors (Lipinski definition) is 1. The maximum Gasteiger partial charge on any atom is 0.237 e. The largest absolute Gasteiger partial charge is 0.340 e. The van der Waals surface area contributed by atoms with Gasteiger partial charge in [-0.1, -0.05) is 0 Å². The Balaban J connectivity index is 3.58. The molecule has 1 N–H and O–H groups in total. The van der Waals surface area contributed by atoms with Crippen LogP contribution >= 0.6 is 11.8 Å². The molecule has 50 valence electrons. The zero-order chi connectivity index (χ0) is 6.62. The van der Waals surface area contributed by atoms with E-state index in [1.54, 1.807) is 6.92 Å². The van der Waals surface area contributed by atoms with Gasteiger partial charge in [-0.3, -0.25) is 0 Å². The van der Waals surface area contributed by atoms with Crippen molar-refractivity contribution in [1.82, 2.24) is 4.84 Å². The first-order chi connectivity index (χ1) is 3.68. The summed E-state index contributed by atoms with van der Waals surface area (Å²) in [5.41, 5.74) is 0. The molecule has 0 aliphatic rings. The molecule has 0 unspecified atom stereocenters. The Kier molecular flexibility index (Phi) is 3.31. The van der Waals surface area contributed by atoms with Gasteiger partial charge in [-0.05, 0) is 11.8 Å². The predicted octanol–water partition coefficient (Wildman–Crippen LogP) is 0.696. The Morgan fingerprint density at radius 1 is 1.38 bits per heavy atom. The van der Waals surface area contributed by atoms with E-state index in [0.29, 0.717) is 0 Å². The highest BCUT2D eigenvalue weighted by molar-refractivity contribution is 6.13. The van der Waals surface area contributed by atoms with E-state index in [1.807, 2.05) is 0 Å². The summed E-state index contributed by atoms with van der Waals surface area (Å²) >= 11 is 5.21. The molecule has 0 fully saturated rings. The zero-order valence-corrected chi connectivity index (χ0v) is 5.95. The first-order valence-corrected chi connectivity index (χ1v) is 2.54. The minimum Gasteiger partial charge on any atom is -0.340 e. The molecule has 0 amide bonds. The van der Waals surface area contributed by atoms with Crippen LogP contribution in [-0.4, -0.2) is 20.1 Å². The van der Waals surface area contributed by atoms with Gasteiger partial charge in [0.05, 0.1) is 0 Å². The van der Waals surface area contributed by atoms with E-state index in [2.05, 4.69) is 4.84 Å². The molecular formula is C4H10ClNO2. The third-order valence-corrected chi connectivity index (χ3v) is 1.29. The first-order valence-electron chi connectivity index (χ1n) is 2.16. The van der Waals surface area contributed by atoms with Gasteiger partial charge in [0.15, 0.2) is 0 Å². The minimum absolute atomic E-state index is 0.860. The average molecular weight is 140 g/mol. The molecule has 0 aromatic rings. The van der Waals surface area contributed by atoms with E-state index >= 15 is 0 Å². The highest BCUT2D eigenvalue weighted by Crippen LogP contribution is 2.04. The zero-order valence-electron chi connectivity index (χ0n) is 5.19. The smallest absolute Gasteiger partial charge is 0.237 e. The third kappa shape index (κ3) is 1.96. The van der Waals surface area contributed by atoms with E-state index in [1.165, 1.54) is 14.2 Å². The first kappa shape index (κ1) is 8.17. The molecular weight excluding hydrogens is 130 g/mol. The fourth-order valence-electron chi connectivity index (χ4n) is 0.160. The van der Waals surface area contributed by atoms with Crippen LogP contribution in [0.15, 0.2) is 0 Å². The van der Waals surface area contributed by atoms with Gasteiger partial charge in [0.1, 0.15) is 0 Å². The summed E-state index contributed by atoms with van der Waals surface area (Å²) < 4.78 is 9.54. The lowest BCUT2D eigenvalue weighted by Crippen LogP contribution is -2.40. The monoisotopic (exact) mass is 139 g/mol. The van der Waals surface area contributed by atoms with Crippen molar-refractivity contribution in [3.63, 3.8) is 0 Å². The minimum atomic E-state index is -0.860. The summed E-state index contributed by atoms with van der Waals surface area (Å²) in [4.78, 5) is 2.31. The van der Waals surface area contributed by atoms with Crippen molar-refractivity contribution in [2.24, 2.45) is 0 Å². The maximum absolute atomic E-state index is 5.21. The summed E-state index contributed by atoms with van der Waals surface area (Å²) in [7, 11) is 3.00. The summed E-state index contributed by atoms with van der Waals surface area (Å²) in [5.74, 6) is -0.860. The third-order valence-electron chi connectivity index (χ3n) is 0.951. The summed E-state index contributed by atoms with van der Waals surface area (Å²) in [6, 6.07) is 0. The lowest BCUT2D eigenvalue weighted by molar-refractivity contribution is -0.200. The van der Waals surface area contributed by atoms with Crippen LogP contribution < -0.4 is 4.84 Å². The number of nitrogens with one attached hydrogen (secondary N) is 1. The Labute approximate surface area is 54.0 Å². The molecule has 8 heavy (non-hydrogen) atoms. The SMILES string of the molecule is COC(C)(NCl)OC. The van der Waals surface area contributed by atoms with Crippen LogP contribution in [0, 0.1) is 0 Å². The van der Waals surface area contributed by atoms with Crippen molar-refractivity contribution in [1.29, 1.82) is 0 Å². The van der Waals surface area contributed by atoms with Crippen molar-refractivity contribution >= 4 is 11.8 Å². The molecule has 0 heterocycles. The molecule has 0 saturated heterocycles. The second kappa shape index (κ2) is 3.25. The molecule has 0 rings (SSSR count). The van der Waals surface area contributed by atoms with E-state index in [-0.39, 0.29) is 0 Å². The number of rotatable bonds is 3. The normalized spacial score (nSPS) is 12.0. The number of ether oxygens (including phenoxy) is 2. The standard InChI is InChI=1S/C4H10ClNO2/c1-4(6-5,7-2)8-3/h6H,1-3H3. The molecule has 0 aromatic heterocycles. The summed E-state index contributed by atoms with van der Waals surface area (Å²) in [5, 5.41) is 0. The number of hydrogen-bond acceptors (Lipinski definition) is 3. The van der Waals surface area contributed by atoms with Gasteiger partial charge in [0.2, 0.25) is 5.91 Å². The van der Waals surface area contributed by atoms with Crippen molar-refractivity contribution in [3.05, 3.63) is 0 Å². The van der Waals surface area contributed by atoms with Crippen molar-refractivity contribution < 1.29 is 9.47 Å². The van der Waals surface area contributed by atoms with Crippen LogP contribution in [0.1, 0.15) is 6.92 Å². The van der Waals surface area contributed by atoms with Crippen molar-refractivity contribution in [3.8, 4) is 0 Å². The van der Waals surface area contributed by atoms with Gasteiger partial charge < -0.3 is 9.47 Å². The number of methoxy groups -OCH3 is 2. The quantitative estimate of drug-likeness (QED) is 0.461. The molecule has 0 saturated carbocycles. The van der Waals surface area contributed by atoms with E-state index in [9.17, 15) is 0 Å². The van der Waals surface area contributed by atoms with Crippen LogP contribution in [0.5, 0.6) is 0 Å². The molecule has 0 atom stereocenters. The molecule has 0 radical (unpaired) electrons. The van der Waals surface area contributed by atoms with Crippen LogP contribution in [-0.2, 0) is 9.47 Å². The second-order valence-corrected chi connectivity index (χ2v) is 1.64. The molecule has 3 nitrogen and oxygen atoms in total. The van der Waals surface area contributed by atoms with E-state index in [0.717, 1.165) is 0 Å². The van der Waals surface area contributed by atoms with Crippen LogP contribution in [0.4, 0.5) is 0 Å². The van der Waals surface area contributed by atoms with Crippen molar-refractivity contribution in [2.75, 3.05) is 14.2 Å². The van der Waals surface area contributed by atoms with E-state index in [4.69, 9.17) is 21.3 Å². The Bertz CT molecular complexity index is 56.8. The van der Waals surface area contributed by atoms with Crippen molar-refractivity contribution in [2.45, 2.75) is 12.8 Å². The molecule has 0 aliphatic heterocycles. The van der Waals surface area contributed by atoms with E-state index < -0.39 is 5.91 Å². The topological polar surface area (TPSA) is 30.5 Å². The van der Waals surface area contributed by atoms with Gasteiger partial charge in [-0.15, -0.1) is 0 Å². The second-order valence-electron chi connectivity index (χ2n) is 1.45. The highest BCUT2D eigenvalue weighted by atomic mass is 35.5. The Morgan fingerprint density at radius 2 is 1.75 bits per heavy atom. The van der Waals surface area contributed by atoms with Gasteiger partial charge in [-0.25, -0.2) is 0 Å². The highest BCUT2D eigenvalue weighted by Gasteiger charge is 2.19. The fraction of sp³-hybridized carbons (Fsp3) is 1.00. The maximum atomic E-state index is 5.21. The van der Waals surface area contributed by atoms with Gasteiger partial charge in [0.25, 0.3) is 0 Å². The van der Waals surface area contributed by atoms with Crippen LogP contribution in [0.3, 0.4) is 0 Å². The van der Waals surface area contributed by atoms with Crippen LogP contribution in [0.2, 0.25) is 0 Å². The fourth-order valence-corrected chi connectivity index (χ4v) is 0.315. The molecule has 0 bridgehead atoms. The molecule has 0 spiro atoms. The lowest BCUT2D eigenvalue weighted by Gasteiger charge is -2.22. The van der Waals surface area contributed by atoms with Gasteiger partial charge in [-0.2, -0.15) is 4.84 Å². The summed E-state index contributed by atoms with van der Waals surface area (Å²) in [6.07, 6.45) is 0. The van der Waals surface area contributed by atoms with Gasteiger partial charge >= 0.3 is 0 Å². The lowest BCUT2D eigenvalue weighted by atomic mass is 10.6. The molecule has 0 aromatic carbocycles. The Hall–Kier alpha value is 0.170. The molecule has 0 aliphatic carbocycles.